The maximum atomic E-state index is 12.3. The number of piperazine rings is 3. The molecule has 1 aromatic rings. The predicted molar refractivity (Wildman–Crippen MR) is 189 cm³/mol. The third kappa shape index (κ3) is 8.64. The van der Waals surface area contributed by atoms with E-state index in [2.05, 4.69) is 33.5 Å². The van der Waals surface area contributed by atoms with E-state index < -0.39 is 18.1 Å². The first-order valence-corrected chi connectivity index (χ1v) is 18.2. The van der Waals surface area contributed by atoms with Crippen molar-refractivity contribution in [2.75, 3.05) is 31.9 Å². The Morgan fingerprint density at radius 1 is 0.740 bits per heavy atom. The van der Waals surface area contributed by atoms with Crippen molar-refractivity contribution in [3.8, 4) is 0 Å². The Morgan fingerprint density at radius 3 is 1.66 bits per heavy atom. The molecule has 6 saturated heterocycles. The van der Waals surface area contributed by atoms with Crippen LogP contribution in [0.25, 0.3) is 0 Å². The molecular weight excluding hydrogens is 685 g/mol. The number of amides is 6. The van der Waals surface area contributed by atoms with E-state index in [1.54, 1.807) is 14.7 Å². The SMILES string of the molecule is N=C(N)SC[C@@H]1NC(=O)[C@@H]2CCCN2C1=O.NC(=S)NC[C@@H]1NC(=O)[C@@H]2CCCN2C1=O.O=C1N[C@@H](Cc2ccccc2)C(=O)N2CCC[C@@H]12. The van der Waals surface area contributed by atoms with Crippen molar-refractivity contribution in [3.05, 3.63) is 35.9 Å². The number of rotatable bonds is 6. The highest BCUT2D eigenvalue weighted by Gasteiger charge is 2.45. The van der Waals surface area contributed by atoms with E-state index >= 15 is 0 Å². The Hall–Kier alpha value is -4.45. The first-order valence-electron chi connectivity index (χ1n) is 16.8. The number of thiocarbonyl (C=S) groups is 1. The monoisotopic (exact) mass is 728 g/mol. The lowest BCUT2D eigenvalue weighted by molar-refractivity contribution is -0.146. The van der Waals surface area contributed by atoms with Crippen LogP contribution in [0.3, 0.4) is 0 Å². The molecule has 0 saturated carbocycles. The van der Waals surface area contributed by atoms with E-state index in [0.29, 0.717) is 25.3 Å². The summed E-state index contributed by atoms with van der Waals surface area (Å²) in [7, 11) is 0. The average Bonchev–Trinajstić information content (AvgIpc) is 3.88. The standard InChI is InChI=1S/C14H16N2O2.2C9H14N4O2S/c17-13-12-7-4-8-16(12)14(18)11(15-13)9-10-5-2-1-3-6-10;10-9(11)16-4-5-8(15)13-3-1-2-6(13)7(14)12-5;10-9(16)11-4-5-8(15)13-3-1-2-6(13)7(14)12-5/h1-3,5-6,11-12H,4,7-9H2,(H,15,17);5-6H,1-4H2,(H3,10,11)(H,12,14);5-6H,1-4H2,(H,12,14)(H3,10,11,16)/t11-,12-;2*5-,6-/m000/s1. The van der Waals surface area contributed by atoms with Gasteiger partial charge in [0.05, 0.1) is 0 Å². The number of amidine groups is 1. The molecule has 16 nitrogen and oxygen atoms in total. The number of nitrogens with one attached hydrogen (secondary N) is 5. The highest BCUT2D eigenvalue weighted by atomic mass is 32.2. The van der Waals surface area contributed by atoms with Gasteiger partial charge in [-0.25, -0.2) is 0 Å². The summed E-state index contributed by atoms with van der Waals surface area (Å²) >= 11 is 5.73. The van der Waals surface area contributed by atoms with Crippen LogP contribution in [0.1, 0.15) is 44.1 Å². The summed E-state index contributed by atoms with van der Waals surface area (Å²) in [4.78, 5) is 76.5. The lowest BCUT2D eigenvalue weighted by atomic mass is 10.0. The molecule has 9 N–H and O–H groups in total. The quantitative estimate of drug-likeness (QED) is 0.0974. The molecule has 50 heavy (non-hydrogen) atoms. The Morgan fingerprint density at radius 2 is 1.18 bits per heavy atom. The van der Waals surface area contributed by atoms with Gasteiger partial charge < -0.3 is 47.4 Å². The lowest BCUT2D eigenvalue weighted by Gasteiger charge is -2.34. The maximum absolute atomic E-state index is 12.3. The fraction of sp³-hybridized carbons (Fsp3) is 0.562. The number of nitrogens with two attached hydrogens (primary N) is 2. The molecule has 0 unspecified atom stereocenters. The summed E-state index contributed by atoms with van der Waals surface area (Å²) in [6.45, 7) is 2.31. The van der Waals surface area contributed by atoms with Gasteiger partial charge in [-0.3, -0.25) is 34.2 Å². The number of hydrogen-bond acceptors (Lipinski definition) is 9. The topological polar surface area (TPSA) is 236 Å². The summed E-state index contributed by atoms with van der Waals surface area (Å²) in [5.41, 5.74) is 11.6. The molecule has 6 aliphatic heterocycles. The molecule has 0 spiro atoms. The van der Waals surface area contributed by atoms with Crippen LogP contribution in [0.5, 0.6) is 0 Å². The Kier molecular flexibility index (Phi) is 12.2. The molecule has 0 bridgehead atoms. The lowest BCUT2D eigenvalue weighted by Crippen LogP contribution is -2.63. The molecule has 6 amide bonds. The van der Waals surface area contributed by atoms with Crippen LogP contribution in [0.4, 0.5) is 0 Å². The summed E-state index contributed by atoms with van der Waals surface area (Å²) < 4.78 is 0. The Balaban J connectivity index is 0.000000146. The number of benzene rings is 1. The van der Waals surface area contributed by atoms with Gasteiger partial charge in [0, 0.05) is 38.4 Å². The zero-order chi connectivity index (χ0) is 35.9. The van der Waals surface area contributed by atoms with Crippen LogP contribution >= 0.6 is 24.0 Å². The first kappa shape index (κ1) is 36.8. The molecule has 6 aliphatic rings. The first-order chi connectivity index (χ1) is 23.9. The number of carbonyl (C=O) groups excluding carboxylic acids is 6. The molecular formula is C32H44N10O6S2. The van der Waals surface area contributed by atoms with Crippen molar-refractivity contribution in [3.63, 3.8) is 0 Å². The molecule has 18 heteroatoms. The number of fused-ring (bicyclic) bond motifs is 3. The van der Waals surface area contributed by atoms with Crippen LogP contribution in [0.2, 0.25) is 0 Å². The van der Waals surface area contributed by atoms with E-state index in [0.717, 1.165) is 62.4 Å². The van der Waals surface area contributed by atoms with Gasteiger partial charge in [-0.2, -0.15) is 0 Å². The van der Waals surface area contributed by atoms with Gasteiger partial charge >= 0.3 is 0 Å². The minimum atomic E-state index is -0.552. The third-order valence-corrected chi connectivity index (χ3v) is 10.5. The zero-order valence-electron chi connectivity index (χ0n) is 27.6. The van der Waals surface area contributed by atoms with Crippen LogP contribution in [-0.2, 0) is 35.2 Å². The van der Waals surface area contributed by atoms with Gasteiger partial charge in [0.2, 0.25) is 35.4 Å². The van der Waals surface area contributed by atoms with Gasteiger partial charge in [0.25, 0.3) is 0 Å². The highest BCUT2D eigenvalue weighted by Crippen LogP contribution is 2.25. The van der Waals surface area contributed by atoms with Crippen molar-refractivity contribution >= 4 is 69.7 Å². The molecule has 6 atom stereocenters. The van der Waals surface area contributed by atoms with E-state index in [4.69, 9.17) is 16.9 Å². The molecule has 7 rings (SSSR count). The molecule has 0 aromatic heterocycles. The smallest absolute Gasteiger partial charge is 0.247 e. The second-order valence-corrected chi connectivity index (χ2v) is 14.4. The van der Waals surface area contributed by atoms with Crippen molar-refractivity contribution in [2.24, 2.45) is 11.5 Å². The molecule has 6 fully saturated rings. The predicted octanol–water partition coefficient (Wildman–Crippen LogP) is -1.87. The molecule has 0 radical (unpaired) electrons. The van der Waals surface area contributed by atoms with Crippen molar-refractivity contribution in [1.82, 2.24) is 36.0 Å². The van der Waals surface area contributed by atoms with Crippen LogP contribution in [-0.4, -0.2) is 129 Å². The van der Waals surface area contributed by atoms with Gasteiger partial charge in [-0.15, -0.1) is 0 Å². The minimum absolute atomic E-state index is 0.00744. The number of carbonyl (C=O) groups is 6. The fourth-order valence-corrected chi connectivity index (χ4v) is 7.77. The van der Waals surface area contributed by atoms with E-state index in [9.17, 15) is 28.8 Å². The summed E-state index contributed by atoms with van der Waals surface area (Å²) in [5.74, 6) is 0.164. The van der Waals surface area contributed by atoms with Gasteiger partial charge in [0.1, 0.15) is 36.3 Å². The largest absolute Gasteiger partial charge is 0.379 e. The van der Waals surface area contributed by atoms with E-state index in [1.807, 2.05) is 30.3 Å². The summed E-state index contributed by atoms with van der Waals surface area (Å²) in [6.07, 6.45) is 5.60. The van der Waals surface area contributed by atoms with Gasteiger partial charge in [-0.1, -0.05) is 42.1 Å². The number of thioether (sulfide) groups is 1. The second kappa shape index (κ2) is 16.5. The number of nitrogens with zero attached hydrogens (tertiary/aromatic N) is 3. The van der Waals surface area contributed by atoms with Crippen LogP contribution in [0, 0.1) is 5.41 Å². The van der Waals surface area contributed by atoms with Crippen molar-refractivity contribution in [2.45, 2.75) is 81.2 Å². The fourth-order valence-electron chi connectivity index (χ4n) is 7.11. The average molecular weight is 729 g/mol. The molecule has 270 valence electrons. The number of hydrogen-bond donors (Lipinski definition) is 7. The Bertz CT molecular complexity index is 1450. The van der Waals surface area contributed by atoms with Gasteiger partial charge in [-0.05, 0) is 56.3 Å². The van der Waals surface area contributed by atoms with Crippen LogP contribution in [0.15, 0.2) is 30.3 Å². The minimum Gasteiger partial charge on any atom is -0.379 e. The zero-order valence-corrected chi connectivity index (χ0v) is 29.2. The van der Waals surface area contributed by atoms with E-state index in [1.165, 1.54) is 0 Å². The van der Waals surface area contributed by atoms with Crippen molar-refractivity contribution < 1.29 is 28.8 Å². The van der Waals surface area contributed by atoms with E-state index in [-0.39, 0.29) is 70.4 Å². The third-order valence-electron chi connectivity index (χ3n) is 9.53. The van der Waals surface area contributed by atoms with Crippen LogP contribution < -0.4 is 32.7 Å². The molecule has 1 aromatic carbocycles. The normalized spacial score (nSPS) is 28.1. The summed E-state index contributed by atoms with van der Waals surface area (Å²) in [6, 6.07) is 7.57. The highest BCUT2D eigenvalue weighted by molar-refractivity contribution is 8.13. The molecule has 6 heterocycles. The molecule has 0 aliphatic carbocycles. The van der Waals surface area contributed by atoms with Crippen molar-refractivity contribution in [1.29, 1.82) is 5.41 Å². The summed E-state index contributed by atoms with van der Waals surface area (Å²) in [5, 5.41) is 18.1. The second-order valence-electron chi connectivity index (χ2n) is 12.9. The maximum Gasteiger partial charge on any atom is 0.247 e. The van der Waals surface area contributed by atoms with Gasteiger partial charge in [0.15, 0.2) is 10.3 Å². The Labute approximate surface area is 299 Å².